The van der Waals surface area contributed by atoms with Gasteiger partial charge in [-0.05, 0) is 19.8 Å². The fourth-order valence-electron chi connectivity index (χ4n) is 5.39. The third-order valence-electron chi connectivity index (χ3n) is 8.19. The first kappa shape index (κ1) is 38.8. The number of hydrogen-bond donors (Lipinski definition) is 1. The molecule has 0 aliphatic rings. The van der Waals surface area contributed by atoms with Crippen molar-refractivity contribution in [3.05, 3.63) is 0 Å². The van der Waals surface area contributed by atoms with Crippen molar-refractivity contribution in [1.29, 1.82) is 0 Å². The smallest absolute Gasteiger partial charge is 0.111 e. The van der Waals surface area contributed by atoms with Crippen LogP contribution in [0.1, 0.15) is 181 Å². The maximum atomic E-state index is 10.2. The molecule has 236 valence electrons. The van der Waals surface area contributed by atoms with E-state index in [2.05, 4.69) is 20.8 Å². The van der Waals surface area contributed by atoms with Crippen LogP contribution in [-0.2, 0) is 9.47 Å². The molecule has 0 radical (unpaired) electrons. The first-order chi connectivity index (χ1) is 18.9. The third kappa shape index (κ3) is 30.6. The van der Waals surface area contributed by atoms with Crippen molar-refractivity contribution in [3.8, 4) is 0 Å². The van der Waals surface area contributed by atoms with Crippen LogP contribution in [0.2, 0.25) is 0 Å². The number of ether oxygens (including phenoxy) is 2. The van der Waals surface area contributed by atoms with Gasteiger partial charge in [0.15, 0.2) is 0 Å². The maximum absolute atomic E-state index is 10.2. The summed E-state index contributed by atoms with van der Waals surface area (Å²) in [6.07, 6.45) is 33.8. The SMILES string of the molecule is CCCCCCCCCCCCCCOC(C)C(CC[N+](C)(C)O)OCCCCCCCCCCCCCC. The Morgan fingerprint density at radius 3 is 1.13 bits per heavy atom. The summed E-state index contributed by atoms with van der Waals surface area (Å²) in [6, 6.07) is 0. The van der Waals surface area contributed by atoms with Gasteiger partial charge in [-0.15, -0.1) is 0 Å². The molecule has 0 rings (SSSR count). The van der Waals surface area contributed by atoms with E-state index in [1.165, 1.54) is 141 Å². The van der Waals surface area contributed by atoms with Gasteiger partial charge < -0.3 is 9.47 Å². The highest BCUT2D eigenvalue weighted by atomic mass is 16.5. The number of quaternary nitrogens is 1. The lowest BCUT2D eigenvalue weighted by atomic mass is 10.1. The minimum absolute atomic E-state index is 0.01000. The average molecular weight is 557 g/mol. The lowest BCUT2D eigenvalue weighted by molar-refractivity contribution is -1.07. The van der Waals surface area contributed by atoms with Crippen LogP contribution in [0.5, 0.6) is 0 Å². The van der Waals surface area contributed by atoms with Gasteiger partial charge in [-0.25, -0.2) is 5.21 Å². The molecule has 2 atom stereocenters. The number of nitrogens with zero attached hydrogens (tertiary/aromatic N) is 1. The van der Waals surface area contributed by atoms with Crippen molar-refractivity contribution < 1.29 is 19.3 Å². The van der Waals surface area contributed by atoms with Gasteiger partial charge in [-0.1, -0.05) is 155 Å². The highest BCUT2D eigenvalue weighted by molar-refractivity contribution is 4.67. The summed E-state index contributed by atoms with van der Waals surface area (Å²) in [5.74, 6) is 0. The molecular weight excluding hydrogens is 482 g/mol. The van der Waals surface area contributed by atoms with Crippen molar-refractivity contribution >= 4 is 0 Å². The molecule has 39 heavy (non-hydrogen) atoms. The highest BCUT2D eigenvalue weighted by Crippen LogP contribution is 2.16. The van der Waals surface area contributed by atoms with E-state index in [0.717, 1.165) is 32.5 Å². The van der Waals surface area contributed by atoms with Gasteiger partial charge in [0.2, 0.25) is 0 Å². The fourth-order valence-corrected chi connectivity index (χ4v) is 5.39. The highest BCUT2D eigenvalue weighted by Gasteiger charge is 2.23. The summed E-state index contributed by atoms with van der Waals surface area (Å²) < 4.78 is 12.5. The van der Waals surface area contributed by atoms with E-state index in [1.807, 2.05) is 14.1 Å². The minimum atomic E-state index is -0.01000. The number of unbranched alkanes of at least 4 members (excludes halogenated alkanes) is 22. The normalized spacial score (nSPS) is 13.7. The van der Waals surface area contributed by atoms with Gasteiger partial charge in [-0.3, -0.25) is 0 Å². The first-order valence-corrected chi connectivity index (χ1v) is 17.7. The van der Waals surface area contributed by atoms with Crippen molar-refractivity contribution in [2.24, 2.45) is 0 Å². The standard InChI is InChI=1S/C35H74NO3/c1-6-8-10-12-14-16-18-20-22-24-26-28-32-38-34(3)35(30-31-36(4,5)37)39-33-29-27-25-23-21-19-17-15-13-11-9-7-2/h34-35,37H,6-33H2,1-5H3/q+1. The Morgan fingerprint density at radius 2 is 0.795 bits per heavy atom. The monoisotopic (exact) mass is 557 g/mol. The molecule has 4 heteroatoms. The Balaban J connectivity index is 3.84. The minimum Gasteiger partial charge on any atom is -0.376 e. The molecule has 0 saturated carbocycles. The Labute approximate surface area is 246 Å². The van der Waals surface area contributed by atoms with Crippen LogP contribution in [0, 0.1) is 0 Å². The number of rotatable bonds is 32. The fraction of sp³-hybridized carbons (Fsp3) is 1.00. The lowest BCUT2D eigenvalue weighted by Crippen LogP contribution is -2.41. The molecule has 0 aromatic carbocycles. The quantitative estimate of drug-likeness (QED) is 0.0508. The molecule has 0 aliphatic carbocycles. The second-order valence-electron chi connectivity index (χ2n) is 12.9. The lowest BCUT2D eigenvalue weighted by Gasteiger charge is -2.27. The first-order valence-electron chi connectivity index (χ1n) is 17.7. The number of hydroxylamine groups is 3. The second kappa shape index (κ2) is 29.3. The average Bonchev–Trinajstić information content (AvgIpc) is 2.90. The van der Waals surface area contributed by atoms with Gasteiger partial charge in [0, 0.05) is 19.6 Å². The molecule has 1 N–H and O–H groups in total. The van der Waals surface area contributed by atoms with Crippen LogP contribution in [0.15, 0.2) is 0 Å². The van der Waals surface area contributed by atoms with Crippen LogP contribution in [0.25, 0.3) is 0 Å². The molecule has 0 amide bonds. The van der Waals surface area contributed by atoms with Gasteiger partial charge in [0.1, 0.15) is 6.54 Å². The summed E-state index contributed by atoms with van der Waals surface area (Å²) in [5, 5.41) is 10.2. The van der Waals surface area contributed by atoms with Crippen molar-refractivity contribution in [3.63, 3.8) is 0 Å². The van der Waals surface area contributed by atoms with Crippen LogP contribution in [-0.4, -0.2) is 55.9 Å². The van der Waals surface area contributed by atoms with Gasteiger partial charge in [0.05, 0.1) is 26.3 Å². The van der Waals surface area contributed by atoms with Crippen LogP contribution < -0.4 is 0 Å². The zero-order valence-electron chi connectivity index (χ0n) is 27.7. The van der Waals surface area contributed by atoms with E-state index < -0.39 is 0 Å². The molecule has 0 aromatic rings. The largest absolute Gasteiger partial charge is 0.376 e. The number of hydrogen-bond acceptors (Lipinski definition) is 3. The predicted molar refractivity (Wildman–Crippen MR) is 171 cm³/mol. The molecule has 0 aliphatic heterocycles. The third-order valence-corrected chi connectivity index (χ3v) is 8.19. The Kier molecular flexibility index (Phi) is 29.2. The van der Waals surface area contributed by atoms with E-state index in [-0.39, 0.29) is 16.9 Å². The molecule has 2 unspecified atom stereocenters. The summed E-state index contributed by atoms with van der Waals surface area (Å²) in [6.45, 7) is 9.06. The molecule has 0 heterocycles. The van der Waals surface area contributed by atoms with Crippen LogP contribution in [0.4, 0.5) is 0 Å². The van der Waals surface area contributed by atoms with E-state index in [1.54, 1.807) is 0 Å². The Hall–Kier alpha value is -0.160. The van der Waals surface area contributed by atoms with Crippen molar-refractivity contribution in [2.45, 2.75) is 193 Å². The van der Waals surface area contributed by atoms with Gasteiger partial charge in [-0.2, -0.15) is 4.65 Å². The molecule has 0 saturated heterocycles. The molecule has 0 spiro atoms. The maximum Gasteiger partial charge on any atom is 0.111 e. The summed E-state index contributed by atoms with van der Waals surface area (Å²) in [7, 11) is 3.67. The summed E-state index contributed by atoms with van der Waals surface area (Å²) in [5.41, 5.74) is 0. The predicted octanol–water partition coefficient (Wildman–Crippen LogP) is 11.0. The van der Waals surface area contributed by atoms with E-state index in [9.17, 15) is 5.21 Å². The van der Waals surface area contributed by atoms with Crippen LogP contribution >= 0.6 is 0 Å². The van der Waals surface area contributed by atoms with E-state index >= 15 is 0 Å². The molecule has 0 fully saturated rings. The van der Waals surface area contributed by atoms with Crippen LogP contribution in [0.3, 0.4) is 0 Å². The van der Waals surface area contributed by atoms with Crippen molar-refractivity contribution in [1.82, 2.24) is 0 Å². The Morgan fingerprint density at radius 1 is 0.487 bits per heavy atom. The Bertz CT molecular complexity index is 465. The summed E-state index contributed by atoms with van der Waals surface area (Å²) in [4.78, 5) is 0. The molecule has 4 nitrogen and oxygen atoms in total. The van der Waals surface area contributed by atoms with Gasteiger partial charge in [0.25, 0.3) is 0 Å². The topological polar surface area (TPSA) is 38.7 Å². The molecular formula is C35H74NO3+. The van der Waals surface area contributed by atoms with E-state index in [0.29, 0.717) is 6.54 Å². The van der Waals surface area contributed by atoms with Gasteiger partial charge >= 0.3 is 0 Å². The second-order valence-corrected chi connectivity index (χ2v) is 12.9. The molecule has 0 bridgehead atoms. The molecule has 0 aromatic heterocycles. The van der Waals surface area contributed by atoms with E-state index in [4.69, 9.17) is 9.47 Å². The zero-order chi connectivity index (χ0) is 28.9. The summed E-state index contributed by atoms with van der Waals surface area (Å²) >= 11 is 0. The van der Waals surface area contributed by atoms with Crippen molar-refractivity contribution in [2.75, 3.05) is 33.9 Å². The zero-order valence-corrected chi connectivity index (χ0v) is 27.7.